The van der Waals surface area contributed by atoms with E-state index in [2.05, 4.69) is 25.0 Å². The van der Waals surface area contributed by atoms with E-state index in [1.165, 1.54) is 12.6 Å². The monoisotopic (exact) mass is 403 g/mol. The topological polar surface area (TPSA) is 122 Å². The van der Waals surface area contributed by atoms with Crippen LogP contribution in [-0.4, -0.2) is 52.4 Å². The van der Waals surface area contributed by atoms with Crippen molar-refractivity contribution in [1.82, 2.24) is 20.1 Å². The number of hydrogen-bond donors (Lipinski definition) is 1. The first-order valence-corrected chi connectivity index (χ1v) is 11.0. The molecule has 1 atom stereocenters. The fourth-order valence-electron chi connectivity index (χ4n) is 3.39. The quantitative estimate of drug-likeness (QED) is 0.619. The molecule has 0 aromatic carbocycles. The largest absolute Gasteiger partial charge is 0.360 e. The average Bonchev–Trinajstić information content (AvgIpc) is 3.30. The molecule has 3 aromatic heterocycles. The summed E-state index contributed by atoms with van der Waals surface area (Å²) in [6, 6.07) is 1.92. The predicted molar refractivity (Wildman–Crippen MR) is 103 cm³/mol. The van der Waals surface area contributed by atoms with E-state index >= 15 is 0 Å². The van der Waals surface area contributed by atoms with Gasteiger partial charge < -0.3 is 14.4 Å². The van der Waals surface area contributed by atoms with Gasteiger partial charge in [0.05, 0.1) is 17.2 Å². The van der Waals surface area contributed by atoms with Gasteiger partial charge in [0.15, 0.2) is 11.5 Å². The van der Waals surface area contributed by atoms with Gasteiger partial charge in [0, 0.05) is 37.4 Å². The van der Waals surface area contributed by atoms with Gasteiger partial charge in [-0.3, -0.25) is 4.79 Å². The molecule has 28 heavy (non-hydrogen) atoms. The SMILES string of the molecule is CC(CCC(=O)c1noc2c1CN(c1ncnc3[nH]ccc13)CC2)S(C)(=O)=O. The van der Waals surface area contributed by atoms with Gasteiger partial charge in [-0.2, -0.15) is 0 Å². The van der Waals surface area contributed by atoms with Crippen molar-refractivity contribution in [2.45, 2.75) is 38.0 Å². The van der Waals surface area contributed by atoms with E-state index < -0.39 is 15.1 Å². The van der Waals surface area contributed by atoms with E-state index in [0.717, 1.165) is 22.4 Å². The molecule has 0 amide bonds. The normalized spacial score (nSPS) is 15.6. The maximum absolute atomic E-state index is 12.7. The number of carbonyl (C=O) groups is 1. The molecule has 0 radical (unpaired) electrons. The van der Waals surface area contributed by atoms with Crippen molar-refractivity contribution in [3.8, 4) is 0 Å². The van der Waals surface area contributed by atoms with Crippen LogP contribution in [0.15, 0.2) is 23.1 Å². The number of hydrogen-bond acceptors (Lipinski definition) is 8. The number of Topliss-reactive ketones (excluding diaryl/α,β-unsaturated/α-hetero) is 1. The zero-order valence-electron chi connectivity index (χ0n) is 15.7. The van der Waals surface area contributed by atoms with Crippen LogP contribution in [-0.2, 0) is 22.8 Å². The highest BCUT2D eigenvalue weighted by molar-refractivity contribution is 7.91. The molecule has 0 bridgehead atoms. The van der Waals surface area contributed by atoms with Crippen LogP contribution >= 0.6 is 0 Å². The number of H-pyrrole nitrogens is 1. The molecule has 0 aliphatic carbocycles. The minimum atomic E-state index is -3.17. The van der Waals surface area contributed by atoms with Gasteiger partial charge >= 0.3 is 0 Å². The van der Waals surface area contributed by atoms with Crippen molar-refractivity contribution in [1.29, 1.82) is 0 Å². The molecule has 4 rings (SSSR count). The van der Waals surface area contributed by atoms with Gasteiger partial charge in [0.25, 0.3) is 0 Å². The second-order valence-corrected chi connectivity index (χ2v) is 9.61. The van der Waals surface area contributed by atoms with E-state index in [-0.39, 0.29) is 18.6 Å². The van der Waals surface area contributed by atoms with Crippen molar-refractivity contribution in [3.05, 3.63) is 35.6 Å². The fourth-order valence-corrected chi connectivity index (χ4v) is 3.93. The molecule has 1 N–H and O–H groups in total. The van der Waals surface area contributed by atoms with Gasteiger partial charge in [0.2, 0.25) is 0 Å². The third-order valence-corrected chi connectivity index (χ3v) is 6.93. The van der Waals surface area contributed by atoms with Crippen LogP contribution in [0.2, 0.25) is 0 Å². The van der Waals surface area contributed by atoms with E-state index in [1.807, 2.05) is 12.3 Å². The highest BCUT2D eigenvalue weighted by atomic mass is 32.2. The summed E-state index contributed by atoms with van der Waals surface area (Å²) in [4.78, 5) is 26.4. The van der Waals surface area contributed by atoms with Gasteiger partial charge in [-0.25, -0.2) is 18.4 Å². The van der Waals surface area contributed by atoms with Crippen molar-refractivity contribution in [2.75, 3.05) is 17.7 Å². The van der Waals surface area contributed by atoms with Crippen LogP contribution < -0.4 is 4.90 Å². The lowest BCUT2D eigenvalue weighted by Gasteiger charge is -2.27. The van der Waals surface area contributed by atoms with Crippen LogP contribution in [0, 0.1) is 0 Å². The fraction of sp³-hybridized carbons (Fsp3) is 0.444. The minimum Gasteiger partial charge on any atom is -0.360 e. The molecule has 1 aliphatic heterocycles. The van der Waals surface area contributed by atoms with Gasteiger partial charge in [-0.15, -0.1) is 0 Å². The summed E-state index contributed by atoms with van der Waals surface area (Å²) in [7, 11) is -3.17. The van der Waals surface area contributed by atoms with Crippen molar-refractivity contribution in [3.63, 3.8) is 0 Å². The summed E-state index contributed by atoms with van der Waals surface area (Å²) in [6.45, 7) is 2.76. The Morgan fingerprint density at radius 1 is 1.39 bits per heavy atom. The lowest BCUT2D eigenvalue weighted by molar-refractivity contribution is 0.0970. The molecule has 3 aromatic rings. The van der Waals surface area contributed by atoms with Gasteiger partial charge in [-0.1, -0.05) is 5.16 Å². The molecular formula is C18H21N5O4S. The summed E-state index contributed by atoms with van der Waals surface area (Å²) in [5.41, 5.74) is 1.80. The zero-order valence-corrected chi connectivity index (χ0v) is 16.5. The second-order valence-electron chi connectivity index (χ2n) is 7.14. The number of sulfone groups is 1. The number of carbonyl (C=O) groups excluding carboxylic acids is 1. The summed E-state index contributed by atoms with van der Waals surface area (Å²) >= 11 is 0. The number of aromatic amines is 1. The number of nitrogens with zero attached hydrogens (tertiary/aromatic N) is 4. The second kappa shape index (κ2) is 7.01. The molecule has 148 valence electrons. The number of nitrogens with one attached hydrogen (secondary N) is 1. The van der Waals surface area contributed by atoms with E-state index in [0.29, 0.717) is 31.0 Å². The minimum absolute atomic E-state index is 0.114. The first-order chi connectivity index (χ1) is 13.3. The summed E-state index contributed by atoms with van der Waals surface area (Å²) < 4.78 is 28.5. The average molecular weight is 403 g/mol. The first-order valence-electron chi connectivity index (χ1n) is 9.07. The van der Waals surface area contributed by atoms with Crippen LogP contribution in [0.25, 0.3) is 11.0 Å². The van der Waals surface area contributed by atoms with E-state index in [1.54, 1.807) is 6.92 Å². The molecular weight excluding hydrogens is 382 g/mol. The van der Waals surface area contributed by atoms with E-state index in [9.17, 15) is 13.2 Å². The number of fused-ring (bicyclic) bond motifs is 2. The Kier molecular flexibility index (Phi) is 4.66. The Morgan fingerprint density at radius 2 is 2.21 bits per heavy atom. The van der Waals surface area contributed by atoms with Crippen LogP contribution in [0.3, 0.4) is 0 Å². The highest BCUT2D eigenvalue weighted by Gasteiger charge is 2.29. The third kappa shape index (κ3) is 3.39. The predicted octanol–water partition coefficient (Wildman–Crippen LogP) is 1.90. The molecule has 0 saturated carbocycles. The molecule has 1 unspecified atom stereocenters. The van der Waals surface area contributed by atoms with Gasteiger partial charge in [-0.05, 0) is 19.4 Å². The van der Waals surface area contributed by atoms with Crippen LogP contribution in [0.4, 0.5) is 5.82 Å². The van der Waals surface area contributed by atoms with Crippen molar-refractivity contribution in [2.24, 2.45) is 0 Å². The third-order valence-electron chi connectivity index (χ3n) is 5.23. The Labute approximate surface area is 162 Å². The lowest BCUT2D eigenvalue weighted by atomic mass is 10.0. The molecule has 0 spiro atoms. The molecule has 9 nitrogen and oxygen atoms in total. The number of anilines is 1. The molecule has 0 fully saturated rings. The number of rotatable bonds is 6. The smallest absolute Gasteiger partial charge is 0.185 e. The standard InChI is InChI=1S/C18H21N5O4S/c1-11(28(2,25)26)3-4-14(24)16-13-9-23(8-6-15(13)27-22-16)18-12-5-7-19-17(12)20-10-21-18/h5,7,10-11H,3-4,6,8-9H2,1-2H3,(H,19,20,21). The van der Waals surface area contributed by atoms with Crippen molar-refractivity contribution < 1.29 is 17.7 Å². The summed E-state index contributed by atoms with van der Waals surface area (Å²) in [6.07, 6.45) is 5.50. The number of aromatic nitrogens is 4. The summed E-state index contributed by atoms with van der Waals surface area (Å²) in [5, 5.41) is 4.32. The highest BCUT2D eigenvalue weighted by Crippen LogP contribution is 2.30. The van der Waals surface area contributed by atoms with E-state index in [4.69, 9.17) is 4.52 Å². The zero-order chi connectivity index (χ0) is 19.9. The maximum atomic E-state index is 12.7. The lowest BCUT2D eigenvalue weighted by Crippen LogP contribution is -2.31. The molecule has 0 saturated heterocycles. The molecule has 10 heteroatoms. The van der Waals surface area contributed by atoms with Crippen LogP contribution in [0.1, 0.15) is 41.6 Å². The van der Waals surface area contributed by atoms with Gasteiger partial charge in [0.1, 0.15) is 33.4 Å². The Hall–Kier alpha value is -2.75. The summed E-state index contributed by atoms with van der Waals surface area (Å²) in [5.74, 6) is 1.30. The Balaban J connectivity index is 1.55. The first kappa shape index (κ1) is 18.6. The Morgan fingerprint density at radius 3 is 3.00 bits per heavy atom. The molecule has 4 heterocycles. The number of ketones is 1. The Bertz CT molecular complexity index is 1130. The maximum Gasteiger partial charge on any atom is 0.185 e. The molecule has 1 aliphatic rings. The van der Waals surface area contributed by atoms with Crippen LogP contribution in [0.5, 0.6) is 0 Å². The van der Waals surface area contributed by atoms with Crippen molar-refractivity contribution >= 4 is 32.5 Å².